The lowest BCUT2D eigenvalue weighted by molar-refractivity contribution is -0.115. The summed E-state index contributed by atoms with van der Waals surface area (Å²) in [6.07, 6.45) is 0.809. The molecule has 20 heavy (non-hydrogen) atoms. The predicted molar refractivity (Wildman–Crippen MR) is 84.1 cm³/mol. The largest absolute Gasteiger partial charge is 0.399 e. The molecule has 1 aromatic carbocycles. The number of aromatic nitrogens is 2. The second-order valence-corrected chi connectivity index (χ2v) is 6.54. The van der Waals surface area contributed by atoms with Crippen molar-refractivity contribution in [3.05, 3.63) is 30.1 Å². The summed E-state index contributed by atoms with van der Waals surface area (Å²) in [5.41, 5.74) is 7.02. The Labute approximate surface area is 126 Å². The number of nitrogens with one attached hydrogen (secondary N) is 1. The molecule has 0 radical (unpaired) electrons. The maximum atomic E-state index is 12.1. The zero-order valence-electron chi connectivity index (χ0n) is 11.3. The number of hydrogen-bond acceptors (Lipinski definition) is 6. The van der Waals surface area contributed by atoms with Gasteiger partial charge in [0.2, 0.25) is 5.91 Å². The van der Waals surface area contributed by atoms with Crippen molar-refractivity contribution in [3.8, 4) is 0 Å². The van der Waals surface area contributed by atoms with Crippen LogP contribution in [0.4, 0.5) is 11.4 Å². The summed E-state index contributed by atoms with van der Waals surface area (Å²) in [5, 5.41) is 2.62. The Balaban J connectivity index is 1.93. The van der Waals surface area contributed by atoms with Gasteiger partial charge in [0.25, 0.3) is 0 Å². The molecule has 1 amide bonds. The highest BCUT2D eigenvalue weighted by Crippen LogP contribution is 2.26. The van der Waals surface area contributed by atoms with E-state index in [0.29, 0.717) is 5.69 Å². The van der Waals surface area contributed by atoms with Gasteiger partial charge >= 0.3 is 0 Å². The topological polar surface area (TPSA) is 80.9 Å². The van der Waals surface area contributed by atoms with E-state index in [1.54, 1.807) is 24.3 Å². The number of anilines is 2. The van der Waals surface area contributed by atoms with Gasteiger partial charge in [0, 0.05) is 17.8 Å². The number of carbonyl (C=O) groups excluding carboxylic acids is 1. The van der Waals surface area contributed by atoms with Crippen LogP contribution in [-0.2, 0) is 11.2 Å². The number of rotatable bonds is 5. The van der Waals surface area contributed by atoms with Crippen molar-refractivity contribution < 1.29 is 4.79 Å². The summed E-state index contributed by atoms with van der Waals surface area (Å²) in [7, 11) is 0. The fourth-order valence-electron chi connectivity index (χ4n) is 1.44. The van der Waals surface area contributed by atoms with E-state index in [1.165, 1.54) is 23.3 Å². The zero-order chi connectivity index (χ0) is 14.5. The van der Waals surface area contributed by atoms with Crippen molar-refractivity contribution in [1.29, 1.82) is 0 Å². The lowest BCUT2D eigenvalue weighted by Gasteiger charge is -2.10. The Bertz CT molecular complexity index is 582. The predicted octanol–water partition coefficient (Wildman–Crippen LogP) is 2.80. The van der Waals surface area contributed by atoms with Crippen molar-refractivity contribution in [3.63, 3.8) is 0 Å². The van der Waals surface area contributed by atoms with E-state index in [2.05, 4.69) is 14.7 Å². The standard InChI is InChI=1S/C13H16N4OS2/c1-3-11-16-13(20-17-11)19-8(2)12(18)15-10-6-4-9(14)5-7-10/h4-8H,3,14H2,1-2H3,(H,15,18). The van der Waals surface area contributed by atoms with Crippen LogP contribution < -0.4 is 11.1 Å². The molecule has 1 unspecified atom stereocenters. The van der Waals surface area contributed by atoms with Gasteiger partial charge < -0.3 is 11.1 Å². The van der Waals surface area contributed by atoms with E-state index in [-0.39, 0.29) is 11.2 Å². The van der Waals surface area contributed by atoms with Crippen molar-refractivity contribution in [2.45, 2.75) is 29.9 Å². The van der Waals surface area contributed by atoms with Crippen LogP contribution in [0.2, 0.25) is 0 Å². The number of nitrogens with zero attached hydrogens (tertiary/aromatic N) is 2. The fraction of sp³-hybridized carbons (Fsp3) is 0.308. The van der Waals surface area contributed by atoms with Crippen molar-refractivity contribution in [1.82, 2.24) is 9.36 Å². The Morgan fingerprint density at radius 1 is 1.45 bits per heavy atom. The third kappa shape index (κ3) is 3.94. The SMILES string of the molecule is CCc1nsc(SC(C)C(=O)Nc2ccc(N)cc2)n1. The first kappa shape index (κ1) is 14.8. The van der Waals surface area contributed by atoms with E-state index in [4.69, 9.17) is 5.73 Å². The lowest BCUT2D eigenvalue weighted by Crippen LogP contribution is -2.22. The normalized spacial score (nSPS) is 12.1. The van der Waals surface area contributed by atoms with Crippen LogP contribution in [-0.4, -0.2) is 20.5 Å². The summed E-state index contributed by atoms with van der Waals surface area (Å²) in [6, 6.07) is 7.08. The van der Waals surface area contributed by atoms with E-state index in [0.717, 1.165) is 22.3 Å². The number of amides is 1. The highest BCUT2D eigenvalue weighted by Gasteiger charge is 2.17. The summed E-state index contributed by atoms with van der Waals surface area (Å²) in [5.74, 6) is 0.761. The van der Waals surface area contributed by atoms with Crippen LogP contribution in [0.5, 0.6) is 0 Å². The second-order valence-electron chi connectivity index (χ2n) is 4.20. The van der Waals surface area contributed by atoms with Gasteiger partial charge in [0.1, 0.15) is 5.82 Å². The molecule has 2 aromatic rings. The molecule has 0 aliphatic rings. The van der Waals surface area contributed by atoms with Gasteiger partial charge in [-0.3, -0.25) is 4.79 Å². The second kappa shape index (κ2) is 6.71. The fourth-order valence-corrected chi connectivity index (χ4v) is 3.29. The zero-order valence-corrected chi connectivity index (χ0v) is 12.9. The molecule has 5 nitrogen and oxygen atoms in total. The molecule has 1 aromatic heterocycles. The first-order valence-corrected chi connectivity index (χ1v) is 7.89. The Hall–Kier alpha value is -1.60. The number of carbonyl (C=O) groups is 1. The van der Waals surface area contributed by atoms with Gasteiger partial charge in [-0.25, -0.2) is 4.98 Å². The molecule has 3 N–H and O–H groups in total. The Morgan fingerprint density at radius 2 is 2.15 bits per heavy atom. The number of hydrogen-bond donors (Lipinski definition) is 2. The average Bonchev–Trinajstić information content (AvgIpc) is 2.89. The minimum atomic E-state index is -0.231. The van der Waals surface area contributed by atoms with Crippen molar-refractivity contribution in [2.75, 3.05) is 11.1 Å². The minimum absolute atomic E-state index is 0.0620. The van der Waals surface area contributed by atoms with E-state index in [1.807, 2.05) is 13.8 Å². The van der Waals surface area contributed by atoms with Crippen molar-refractivity contribution >= 4 is 40.6 Å². The molecule has 0 saturated heterocycles. The van der Waals surface area contributed by atoms with Gasteiger partial charge in [-0.2, -0.15) is 4.37 Å². The maximum Gasteiger partial charge on any atom is 0.237 e. The number of nitrogens with two attached hydrogens (primary N) is 1. The molecule has 0 saturated carbocycles. The van der Waals surface area contributed by atoms with Crippen molar-refractivity contribution in [2.24, 2.45) is 0 Å². The van der Waals surface area contributed by atoms with E-state index < -0.39 is 0 Å². The summed E-state index contributed by atoms with van der Waals surface area (Å²) < 4.78 is 5.03. The molecule has 1 heterocycles. The molecule has 1 atom stereocenters. The van der Waals surface area contributed by atoms with Crippen LogP contribution >= 0.6 is 23.3 Å². The third-order valence-electron chi connectivity index (χ3n) is 2.59. The minimum Gasteiger partial charge on any atom is -0.399 e. The first-order valence-electron chi connectivity index (χ1n) is 6.24. The molecule has 0 fully saturated rings. The molecule has 0 bridgehead atoms. The van der Waals surface area contributed by atoms with Crippen LogP contribution in [0.15, 0.2) is 28.6 Å². The maximum absolute atomic E-state index is 12.1. The van der Waals surface area contributed by atoms with Gasteiger partial charge in [-0.15, -0.1) is 0 Å². The molecule has 0 aliphatic carbocycles. The monoisotopic (exact) mass is 308 g/mol. The quantitative estimate of drug-likeness (QED) is 0.656. The van der Waals surface area contributed by atoms with Crippen LogP contribution in [0.3, 0.4) is 0 Å². The number of aryl methyl sites for hydroxylation is 1. The highest BCUT2D eigenvalue weighted by atomic mass is 32.2. The van der Waals surface area contributed by atoms with Gasteiger partial charge in [0.15, 0.2) is 4.34 Å². The number of thioether (sulfide) groups is 1. The molecule has 2 rings (SSSR count). The van der Waals surface area contributed by atoms with Gasteiger partial charge in [-0.05, 0) is 42.7 Å². The molecular formula is C13H16N4OS2. The number of nitrogen functional groups attached to an aromatic ring is 1. The number of benzene rings is 1. The molecule has 0 spiro atoms. The molecular weight excluding hydrogens is 292 g/mol. The Kier molecular flexibility index (Phi) is 4.97. The average molecular weight is 308 g/mol. The van der Waals surface area contributed by atoms with Crippen LogP contribution in [0, 0.1) is 0 Å². The third-order valence-corrected chi connectivity index (χ3v) is 4.51. The molecule has 7 heteroatoms. The molecule has 106 valence electrons. The lowest BCUT2D eigenvalue weighted by atomic mass is 10.3. The Morgan fingerprint density at radius 3 is 2.75 bits per heavy atom. The summed E-state index contributed by atoms with van der Waals surface area (Å²) in [6.45, 7) is 3.86. The van der Waals surface area contributed by atoms with Crippen LogP contribution in [0.25, 0.3) is 0 Å². The van der Waals surface area contributed by atoms with Gasteiger partial charge in [-0.1, -0.05) is 18.7 Å². The smallest absolute Gasteiger partial charge is 0.237 e. The van der Waals surface area contributed by atoms with E-state index >= 15 is 0 Å². The summed E-state index contributed by atoms with van der Waals surface area (Å²) in [4.78, 5) is 16.4. The summed E-state index contributed by atoms with van der Waals surface area (Å²) >= 11 is 2.75. The van der Waals surface area contributed by atoms with Crippen LogP contribution in [0.1, 0.15) is 19.7 Å². The first-order chi connectivity index (χ1) is 9.58. The van der Waals surface area contributed by atoms with Gasteiger partial charge in [0.05, 0.1) is 5.25 Å². The molecule has 0 aliphatic heterocycles. The van der Waals surface area contributed by atoms with E-state index in [9.17, 15) is 4.79 Å². The highest BCUT2D eigenvalue weighted by molar-refractivity contribution is 8.02.